The second-order valence-electron chi connectivity index (χ2n) is 12.8. The fraction of sp³-hybridized carbons (Fsp3) is 0.652. The van der Waals surface area contributed by atoms with Gasteiger partial charge in [0.25, 0.3) is 0 Å². The van der Waals surface area contributed by atoms with Gasteiger partial charge in [-0.25, -0.2) is 0 Å². The fourth-order valence-corrected chi connectivity index (χ4v) is 23.8. The molecule has 3 rings (SSSR count). The van der Waals surface area contributed by atoms with Crippen molar-refractivity contribution in [2.24, 2.45) is 0 Å². The van der Waals surface area contributed by atoms with Gasteiger partial charge in [0.2, 0.25) is 0 Å². The van der Waals surface area contributed by atoms with Crippen LogP contribution in [0, 0.1) is 0 Å². The van der Waals surface area contributed by atoms with E-state index in [1.54, 1.807) is 10.8 Å². The molecule has 0 amide bonds. The van der Waals surface area contributed by atoms with E-state index >= 15 is 0 Å². The molecule has 1 aromatic rings. The maximum absolute atomic E-state index is 7.01. The monoisotopic (exact) mass is 446 g/mol. The lowest BCUT2D eigenvalue weighted by Gasteiger charge is -2.51. The van der Waals surface area contributed by atoms with Crippen molar-refractivity contribution >= 4 is 42.8 Å². The Balaban J connectivity index is 2.30. The van der Waals surface area contributed by atoms with Crippen LogP contribution in [0.1, 0.15) is 30.9 Å². The first-order chi connectivity index (χ1) is 12.4. The van der Waals surface area contributed by atoms with Crippen molar-refractivity contribution in [1.82, 2.24) is 0 Å². The van der Waals surface area contributed by atoms with Crippen molar-refractivity contribution in [3.8, 4) is 0 Å². The lowest BCUT2D eigenvalue weighted by atomic mass is 9.76. The van der Waals surface area contributed by atoms with E-state index in [9.17, 15) is 0 Å². The molecule has 28 heavy (non-hydrogen) atoms. The molecule has 1 aliphatic heterocycles. The van der Waals surface area contributed by atoms with Crippen LogP contribution in [0.2, 0.25) is 70.1 Å². The average Bonchev–Trinajstić information content (AvgIpc) is 2.67. The van der Waals surface area contributed by atoms with Crippen molar-refractivity contribution in [1.29, 1.82) is 0 Å². The van der Waals surface area contributed by atoms with Crippen LogP contribution >= 0.6 is 0 Å². The minimum Gasteiger partial charge on any atom is -0.411 e. The molecule has 0 bridgehead atoms. The van der Waals surface area contributed by atoms with Gasteiger partial charge in [-0.3, -0.25) is 0 Å². The Morgan fingerprint density at radius 1 is 0.929 bits per heavy atom. The number of fused-ring (bicyclic) bond motifs is 3. The molecule has 1 aliphatic carbocycles. The number of hydrogen-bond donors (Lipinski definition) is 0. The molecule has 1 heterocycles. The summed E-state index contributed by atoms with van der Waals surface area (Å²) in [5, 5.41) is 1.66. The highest BCUT2D eigenvalue weighted by molar-refractivity contribution is 7.45. The SMILES string of the molecule is CC1(C)O[Si](C)(C)C2([Si](C)(C)C)C=Cc3ccc([Si](C)(C)[Si](C)(C)C)cc3C12. The standard InChI is InChI=1S/C23H42OSi4/c1-22(2)21-20-17-19(27(9,10)26(6,7)8)14-13-18(20)15-16-23(21,25(3,4)5)28(11,12)24-22/h13-17,21H,1-12H3. The Morgan fingerprint density at radius 3 is 2.00 bits per heavy atom. The second-order valence-corrected chi connectivity index (χ2v) is 39.3. The number of allylic oxidation sites excluding steroid dienone is 1. The van der Waals surface area contributed by atoms with Gasteiger partial charge in [0.05, 0.1) is 21.3 Å². The number of rotatable bonds is 3. The summed E-state index contributed by atoms with van der Waals surface area (Å²) in [5.41, 5.74) is 2.93. The topological polar surface area (TPSA) is 9.23 Å². The van der Waals surface area contributed by atoms with E-state index in [-0.39, 0.29) is 10.3 Å². The second kappa shape index (κ2) is 6.16. The predicted molar refractivity (Wildman–Crippen MR) is 137 cm³/mol. The highest BCUT2D eigenvalue weighted by Crippen LogP contribution is 2.69. The van der Waals surface area contributed by atoms with Crippen molar-refractivity contribution in [3.63, 3.8) is 0 Å². The lowest BCUT2D eigenvalue weighted by molar-refractivity contribution is 0.107. The fourth-order valence-electron chi connectivity index (χ4n) is 6.22. The molecule has 1 aromatic carbocycles. The molecule has 0 N–H and O–H groups in total. The van der Waals surface area contributed by atoms with E-state index in [0.29, 0.717) is 5.92 Å². The van der Waals surface area contributed by atoms with Crippen molar-refractivity contribution in [2.45, 2.75) is 95.5 Å². The first-order valence-electron chi connectivity index (χ1n) is 10.9. The van der Waals surface area contributed by atoms with Gasteiger partial charge in [0.1, 0.15) is 0 Å². The summed E-state index contributed by atoms with van der Waals surface area (Å²) in [4.78, 5) is 0. The maximum Gasteiger partial charge on any atom is 0.195 e. The molecule has 1 nitrogen and oxygen atoms in total. The quantitative estimate of drug-likeness (QED) is 0.466. The number of benzene rings is 1. The first-order valence-corrected chi connectivity index (χ1v) is 24.8. The molecule has 1 fully saturated rings. The summed E-state index contributed by atoms with van der Waals surface area (Å²) >= 11 is 0. The molecular formula is C23H42OSi4. The van der Waals surface area contributed by atoms with Gasteiger partial charge in [0, 0.05) is 18.2 Å². The summed E-state index contributed by atoms with van der Waals surface area (Å²) in [7, 11) is -6.08. The zero-order chi connectivity index (χ0) is 21.6. The molecule has 5 heteroatoms. The van der Waals surface area contributed by atoms with Crippen molar-refractivity contribution < 1.29 is 4.43 Å². The van der Waals surface area contributed by atoms with Gasteiger partial charge in [-0.1, -0.05) is 87.9 Å². The predicted octanol–water partition coefficient (Wildman–Crippen LogP) is 6.76. The van der Waals surface area contributed by atoms with E-state index < -0.39 is 31.6 Å². The van der Waals surface area contributed by atoms with E-state index in [4.69, 9.17) is 4.43 Å². The molecule has 2 unspecified atom stereocenters. The van der Waals surface area contributed by atoms with Gasteiger partial charge in [-0.15, -0.1) is 0 Å². The summed E-state index contributed by atoms with van der Waals surface area (Å²) in [6, 6.07) is 7.53. The largest absolute Gasteiger partial charge is 0.411 e. The minimum atomic E-state index is -1.90. The molecular weight excluding hydrogens is 405 g/mol. The van der Waals surface area contributed by atoms with Gasteiger partial charge >= 0.3 is 0 Å². The zero-order valence-corrected chi connectivity index (χ0v) is 24.4. The Labute approximate surface area is 177 Å². The Kier molecular flexibility index (Phi) is 4.94. The average molecular weight is 447 g/mol. The molecule has 156 valence electrons. The third-order valence-corrected chi connectivity index (χ3v) is 36.5. The smallest absolute Gasteiger partial charge is 0.195 e. The van der Waals surface area contributed by atoms with Crippen LogP contribution in [0.25, 0.3) is 6.08 Å². The maximum atomic E-state index is 7.01. The molecule has 2 atom stereocenters. The van der Waals surface area contributed by atoms with Crippen LogP contribution in [0.3, 0.4) is 0 Å². The van der Waals surface area contributed by atoms with Crippen LogP contribution in [0.5, 0.6) is 0 Å². The summed E-state index contributed by atoms with van der Waals surface area (Å²) < 4.78 is 7.26. The van der Waals surface area contributed by atoms with E-state index in [1.807, 2.05) is 0 Å². The molecule has 0 saturated carbocycles. The highest BCUT2D eigenvalue weighted by Gasteiger charge is 2.70. The third-order valence-electron chi connectivity index (χ3n) is 8.43. The van der Waals surface area contributed by atoms with Crippen molar-refractivity contribution in [3.05, 3.63) is 35.4 Å². The minimum absolute atomic E-state index is 0.0982. The Bertz CT molecular complexity index is 824. The van der Waals surface area contributed by atoms with Crippen LogP contribution in [0.15, 0.2) is 24.3 Å². The Hall–Kier alpha value is -0.212. The van der Waals surface area contributed by atoms with E-state index in [1.165, 1.54) is 5.56 Å². The van der Waals surface area contributed by atoms with Gasteiger partial charge in [0.15, 0.2) is 8.32 Å². The summed E-state index contributed by atoms with van der Waals surface area (Å²) in [6.45, 7) is 30.3. The third kappa shape index (κ3) is 2.91. The summed E-state index contributed by atoms with van der Waals surface area (Å²) in [5.74, 6) is 0.486. The van der Waals surface area contributed by atoms with Crippen molar-refractivity contribution in [2.75, 3.05) is 0 Å². The van der Waals surface area contributed by atoms with E-state index in [0.717, 1.165) is 0 Å². The molecule has 1 saturated heterocycles. The van der Waals surface area contributed by atoms with Gasteiger partial charge in [-0.05, 0) is 38.1 Å². The molecule has 0 spiro atoms. The Morgan fingerprint density at radius 2 is 1.50 bits per heavy atom. The van der Waals surface area contributed by atoms with Crippen LogP contribution < -0.4 is 5.19 Å². The zero-order valence-electron chi connectivity index (χ0n) is 20.4. The molecule has 0 aromatic heterocycles. The first kappa shape index (κ1) is 22.5. The molecule has 2 aliphatic rings. The normalized spacial score (nSPS) is 28.8. The lowest BCUT2D eigenvalue weighted by Crippen LogP contribution is -2.61. The molecule has 0 radical (unpaired) electrons. The van der Waals surface area contributed by atoms with Gasteiger partial charge < -0.3 is 4.43 Å². The van der Waals surface area contributed by atoms with E-state index in [2.05, 4.69) is 110 Å². The van der Waals surface area contributed by atoms with Crippen LogP contribution in [-0.4, -0.2) is 37.2 Å². The number of hydrogen-bond acceptors (Lipinski definition) is 1. The summed E-state index contributed by atoms with van der Waals surface area (Å²) in [6.07, 6.45) is 5.07. The van der Waals surface area contributed by atoms with Crippen LogP contribution in [0.4, 0.5) is 0 Å². The van der Waals surface area contributed by atoms with Gasteiger partial charge in [-0.2, -0.15) is 0 Å². The van der Waals surface area contributed by atoms with Crippen LogP contribution in [-0.2, 0) is 4.43 Å². The highest BCUT2D eigenvalue weighted by atomic mass is 29.3.